The lowest BCUT2D eigenvalue weighted by atomic mass is 9.64. The quantitative estimate of drug-likeness (QED) is 0.0924. The number of rotatable bonds is 18. The largest absolute Gasteiger partial charge is 0.374 e. The third-order valence-electron chi connectivity index (χ3n) is 21.2. The molecule has 4 aromatic rings. The van der Waals surface area contributed by atoms with Crippen LogP contribution in [0.3, 0.4) is 0 Å². The molecule has 0 fully saturated rings. The van der Waals surface area contributed by atoms with E-state index >= 15 is 0 Å². The minimum Gasteiger partial charge on any atom is -0.374 e. The highest BCUT2D eigenvalue weighted by molar-refractivity contribution is 5.87. The topological polar surface area (TPSA) is 15.7 Å². The predicted molar refractivity (Wildman–Crippen MR) is 364 cm³/mol. The lowest BCUT2D eigenvalue weighted by Crippen LogP contribution is -2.41. The van der Waals surface area contributed by atoms with Crippen LogP contribution in [0.5, 0.6) is 0 Å². The molecule has 4 aromatic carbocycles. The molecule has 436 valence electrons. The van der Waals surface area contributed by atoms with Crippen LogP contribution < -0.4 is 9.80 Å². The Bertz CT molecular complexity index is 3700. The van der Waals surface area contributed by atoms with Crippen molar-refractivity contribution in [1.82, 2.24) is 0 Å². The smallest absolute Gasteiger partial charge is 0.0762 e. The Morgan fingerprint density at radius 3 is 2.34 bits per heavy atom. The number of fused-ring (bicyclic) bond motifs is 7. The van der Waals surface area contributed by atoms with E-state index in [-0.39, 0.29) is 17.4 Å². The fraction of sp³-hybridized carbons (Fsp3) is 0.349. The maximum Gasteiger partial charge on any atom is 0.0762 e. The molecule has 0 amide bonds. The maximum atomic E-state index is 6.76. The number of hydrogen-bond acceptors (Lipinski definition) is 3. The molecule has 0 bridgehead atoms. The van der Waals surface area contributed by atoms with E-state index in [1.165, 1.54) is 115 Å². The van der Waals surface area contributed by atoms with Crippen molar-refractivity contribution in [3.63, 3.8) is 0 Å². The van der Waals surface area contributed by atoms with Crippen LogP contribution in [0.4, 0.5) is 17.1 Å². The van der Waals surface area contributed by atoms with Crippen LogP contribution in [0.2, 0.25) is 0 Å². The molecule has 3 nitrogen and oxygen atoms in total. The SMILES string of the molecule is C=CC1=CC=C(c2ccc3c(c2)C2C=C(c4ccc(N(C5=CCCC=C5)c5ccc6c(c5)C(CC(C)CCC(C)COC5C=CC7C=C(C8=CCC(C=C)CC8)C=CC7C5)(C5=CC=CCC5)c5ccccc5-6)cc4)C=CC2N3C2C=CCCC2)CC1. The zero-order chi connectivity index (χ0) is 58.1. The van der Waals surface area contributed by atoms with E-state index in [1.807, 2.05) is 6.08 Å². The van der Waals surface area contributed by atoms with Gasteiger partial charge in [0.1, 0.15) is 0 Å². The summed E-state index contributed by atoms with van der Waals surface area (Å²) in [4.78, 5) is 5.28. The highest BCUT2D eigenvalue weighted by atomic mass is 16.5. The molecule has 0 aromatic heterocycles. The standard InChI is InChI=1S/C83H88N2O/c1-5-59-28-32-61(33-29-59)64-36-37-66-51-74(46-40-65(66)50-64)86-56-58(4)27-26-57(3)55-83(69-18-10-7-11-19-69)79-25-17-16-24-75(79)76-47-45-73(54-80(76)83)84(70-20-12-8-13-21-70)72-43-38-63(39-44-72)68-42-49-82-78(53-68)77-52-67(62-34-30-60(6-2)31-35-62)41-48-81(77)85(82)71-22-14-9-15-23-71/h5-7,10,12,14,16-18,20-22,24-25,30,32,34,36-50,52-54,57-59,65-66,71,74,78,82H,1-2,8-9,11,13,15,19,23,26-29,31,33,35,51,55-56H2,3-4H3. The molecule has 0 spiro atoms. The molecule has 9 aliphatic carbocycles. The first-order valence-electron chi connectivity index (χ1n) is 33.2. The predicted octanol–water partition coefficient (Wildman–Crippen LogP) is 21.4. The van der Waals surface area contributed by atoms with E-state index in [4.69, 9.17) is 4.74 Å². The van der Waals surface area contributed by atoms with E-state index in [1.54, 1.807) is 5.57 Å². The first-order valence-corrected chi connectivity index (χ1v) is 33.2. The first kappa shape index (κ1) is 56.4. The number of ether oxygens (including phenoxy) is 1. The van der Waals surface area contributed by atoms with E-state index in [0.29, 0.717) is 41.7 Å². The van der Waals surface area contributed by atoms with Crippen molar-refractivity contribution in [2.45, 2.75) is 146 Å². The van der Waals surface area contributed by atoms with Crippen LogP contribution in [-0.2, 0) is 10.2 Å². The van der Waals surface area contributed by atoms with Gasteiger partial charge in [0.15, 0.2) is 0 Å². The van der Waals surface area contributed by atoms with Crippen LogP contribution in [-0.4, -0.2) is 24.8 Å². The van der Waals surface area contributed by atoms with Crippen LogP contribution >= 0.6 is 0 Å². The Morgan fingerprint density at radius 2 is 1.55 bits per heavy atom. The summed E-state index contributed by atoms with van der Waals surface area (Å²) < 4.78 is 6.76. The number of hydrogen-bond donors (Lipinski definition) is 0. The van der Waals surface area contributed by atoms with Gasteiger partial charge in [0.05, 0.1) is 12.1 Å². The van der Waals surface area contributed by atoms with Gasteiger partial charge in [-0.3, -0.25) is 0 Å². The van der Waals surface area contributed by atoms with Crippen molar-refractivity contribution < 1.29 is 4.74 Å². The van der Waals surface area contributed by atoms with Crippen molar-refractivity contribution in [2.24, 2.45) is 29.6 Å². The molecule has 0 saturated heterocycles. The molecule has 1 heterocycles. The van der Waals surface area contributed by atoms with Gasteiger partial charge in [0.2, 0.25) is 0 Å². The summed E-state index contributed by atoms with van der Waals surface area (Å²) in [6.45, 7) is 13.8. The molecular formula is C83H88N2O. The zero-order valence-corrected chi connectivity index (χ0v) is 51.1. The molecule has 86 heavy (non-hydrogen) atoms. The summed E-state index contributed by atoms with van der Waals surface area (Å²) >= 11 is 0. The number of anilines is 3. The lowest BCUT2D eigenvalue weighted by Gasteiger charge is -2.39. The van der Waals surface area contributed by atoms with Gasteiger partial charge in [-0.15, -0.1) is 6.58 Å². The average Bonchev–Trinajstić information content (AvgIpc) is 1.71. The van der Waals surface area contributed by atoms with Crippen molar-refractivity contribution in [2.75, 3.05) is 16.4 Å². The van der Waals surface area contributed by atoms with E-state index < -0.39 is 0 Å². The van der Waals surface area contributed by atoms with Crippen molar-refractivity contribution in [3.8, 4) is 11.1 Å². The van der Waals surface area contributed by atoms with Crippen molar-refractivity contribution in [3.05, 3.63) is 281 Å². The minimum atomic E-state index is -0.232. The number of allylic oxidation sites excluding steroid dienone is 23. The summed E-state index contributed by atoms with van der Waals surface area (Å²) in [5.41, 5.74) is 23.2. The molecule has 1 aliphatic heterocycles. The Balaban J connectivity index is 0.720. The van der Waals surface area contributed by atoms with Gasteiger partial charge < -0.3 is 14.5 Å². The molecule has 10 atom stereocenters. The van der Waals surface area contributed by atoms with E-state index in [0.717, 1.165) is 83.7 Å². The fourth-order valence-corrected chi connectivity index (χ4v) is 16.5. The maximum absolute atomic E-state index is 6.76. The molecule has 0 N–H and O–H groups in total. The highest BCUT2D eigenvalue weighted by Crippen LogP contribution is 2.59. The summed E-state index contributed by atoms with van der Waals surface area (Å²) in [5.74, 6) is 2.86. The molecule has 10 unspecified atom stereocenters. The number of nitrogens with zero attached hydrogens (tertiary/aromatic N) is 2. The van der Waals surface area contributed by atoms with E-state index in [2.05, 4.69) is 243 Å². The second-order valence-electron chi connectivity index (χ2n) is 26.8. The van der Waals surface area contributed by atoms with Crippen LogP contribution in [0.15, 0.2) is 254 Å². The highest BCUT2D eigenvalue weighted by Gasteiger charge is 2.47. The summed E-state index contributed by atoms with van der Waals surface area (Å²) in [7, 11) is 0. The van der Waals surface area contributed by atoms with Gasteiger partial charge in [-0.25, -0.2) is 0 Å². The molecule has 14 rings (SSSR count). The van der Waals surface area contributed by atoms with E-state index in [9.17, 15) is 0 Å². The molecule has 3 heteroatoms. The van der Waals surface area contributed by atoms with Gasteiger partial charge in [-0.05, 0) is 229 Å². The minimum absolute atomic E-state index is 0.176. The average molecular weight is 1130 g/mol. The van der Waals surface area contributed by atoms with Crippen LogP contribution in [0, 0.1) is 29.6 Å². The van der Waals surface area contributed by atoms with Crippen molar-refractivity contribution >= 4 is 28.2 Å². The Hall–Kier alpha value is -7.46. The normalized spacial score (nSPS) is 27.4. The second kappa shape index (κ2) is 24.7. The van der Waals surface area contributed by atoms with Gasteiger partial charge >= 0.3 is 0 Å². The Morgan fingerprint density at radius 1 is 0.686 bits per heavy atom. The molecule has 0 saturated carbocycles. The summed E-state index contributed by atoms with van der Waals surface area (Å²) in [6.07, 6.45) is 68.2. The fourth-order valence-electron chi connectivity index (χ4n) is 16.5. The third-order valence-corrected chi connectivity index (χ3v) is 21.2. The first-order chi connectivity index (χ1) is 42.3. The van der Waals surface area contributed by atoms with Gasteiger partial charge in [-0.2, -0.15) is 0 Å². The Kier molecular flexibility index (Phi) is 16.2. The molecule has 10 aliphatic rings. The van der Waals surface area contributed by atoms with Crippen LogP contribution in [0.25, 0.3) is 22.3 Å². The summed E-state index contributed by atoms with van der Waals surface area (Å²) in [6, 6.07) is 34.4. The molecular weight excluding hydrogens is 1040 g/mol. The number of benzene rings is 4. The van der Waals surface area contributed by atoms with Gasteiger partial charge in [0.25, 0.3) is 0 Å². The van der Waals surface area contributed by atoms with Crippen LogP contribution in [0.1, 0.15) is 150 Å². The molecule has 0 radical (unpaired) electrons. The Labute approximate surface area is 514 Å². The second-order valence-corrected chi connectivity index (χ2v) is 26.8. The van der Waals surface area contributed by atoms with Gasteiger partial charge in [0, 0.05) is 52.7 Å². The van der Waals surface area contributed by atoms with Gasteiger partial charge in [-0.1, -0.05) is 202 Å². The monoisotopic (exact) mass is 1130 g/mol. The van der Waals surface area contributed by atoms with Crippen molar-refractivity contribution in [1.29, 1.82) is 0 Å². The summed E-state index contributed by atoms with van der Waals surface area (Å²) in [5, 5.41) is 0. The third kappa shape index (κ3) is 11.0. The lowest BCUT2D eigenvalue weighted by molar-refractivity contribution is 0.0405. The zero-order valence-electron chi connectivity index (χ0n) is 51.1.